The molecule has 1 saturated carbocycles. The van der Waals surface area contributed by atoms with E-state index in [0.717, 1.165) is 51.9 Å². The first-order chi connectivity index (χ1) is 10.6. The van der Waals surface area contributed by atoms with Crippen LogP contribution < -0.4 is 5.73 Å². The van der Waals surface area contributed by atoms with Crippen LogP contribution in [0.2, 0.25) is 0 Å². The van der Waals surface area contributed by atoms with Crippen molar-refractivity contribution >= 4 is 5.91 Å². The third-order valence-corrected chi connectivity index (χ3v) is 4.77. The zero-order valence-electron chi connectivity index (χ0n) is 13.3. The zero-order valence-corrected chi connectivity index (χ0v) is 13.3. The van der Waals surface area contributed by atoms with E-state index in [2.05, 4.69) is 15.0 Å². The Bertz CT molecular complexity index is 516. The number of hydrogen-bond donors (Lipinski definition) is 1. The zero-order chi connectivity index (χ0) is 15.6. The molecular weight excluding hydrogens is 282 g/mol. The molecule has 1 aliphatic carbocycles. The van der Waals surface area contributed by atoms with E-state index in [1.165, 1.54) is 6.42 Å². The topological polar surface area (TPSA) is 88.5 Å². The van der Waals surface area contributed by atoms with E-state index in [9.17, 15) is 4.79 Å². The van der Waals surface area contributed by atoms with Gasteiger partial charge in [-0.25, -0.2) is 0 Å². The number of aromatic nitrogens is 2. The van der Waals surface area contributed by atoms with Crippen LogP contribution in [-0.4, -0.2) is 57.6 Å². The lowest BCUT2D eigenvalue weighted by atomic mass is 9.81. The molecular formula is C15H25N5O2. The van der Waals surface area contributed by atoms with Crippen LogP contribution in [0.25, 0.3) is 0 Å². The lowest BCUT2D eigenvalue weighted by molar-refractivity contribution is -0.140. The molecule has 2 aliphatic rings. The van der Waals surface area contributed by atoms with Gasteiger partial charge in [0.1, 0.15) is 0 Å². The van der Waals surface area contributed by atoms with Crippen LogP contribution in [0.3, 0.4) is 0 Å². The molecule has 1 saturated heterocycles. The highest BCUT2D eigenvalue weighted by Crippen LogP contribution is 2.28. The van der Waals surface area contributed by atoms with E-state index in [1.807, 2.05) is 4.90 Å². The molecule has 0 atom stereocenters. The molecule has 1 amide bonds. The van der Waals surface area contributed by atoms with Gasteiger partial charge < -0.3 is 15.2 Å². The molecule has 7 nitrogen and oxygen atoms in total. The molecule has 122 valence electrons. The molecule has 2 fully saturated rings. The predicted molar refractivity (Wildman–Crippen MR) is 80.9 cm³/mol. The van der Waals surface area contributed by atoms with Crippen molar-refractivity contribution in [3.05, 3.63) is 11.7 Å². The summed E-state index contributed by atoms with van der Waals surface area (Å²) in [5.74, 6) is 1.44. The molecule has 0 aromatic carbocycles. The molecule has 0 spiro atoms. The van der Waals surface area contributed by atoms with E-state index in [-0.39, 0.29) is 5.91 Å². The molecule has 0 radical (unpaired) electrons. The third kappa shape index (κ3) is 3.30. The minimum absolute atomic E-state index is 0.141. The van der Waals surface area contributed by atoms with Crippen molar-refractivity contribution < 1.29 is 9.32 Å². The SMILES string of the molecule is Cc1nc(CN2CCN(C(=O)C3(N)CCCCC3)CC2)no1. The van der Waals surface area contributed by atoms with Gasteiger partial charge in [-0.3, -0.25) is 9.69 Å². The molecule has 1 aliphatic heterocycles. The van der Waals surface area contributed by atoms with Crippen molar-refractivity contribution in [2.75, 3.05) is 26.2 Å². The van der Waals surface area contributed by atoms with E-state index < -0.39 is 5.54 Å². The van der Waals surface area contributed by atoms with Crippen molar-refractivity contribution in [2.45, 2.75) is 51.1 Å². The summed E-state index contributed by atoms with van der Waals surface area (Å²) in [4.78, 5) is 21.1. The van der Waals surface area contributed by atoms with Crippen molar-refractivity contribution in [2.24, 2.45) is 5.73 Å². The Balaban J connectivity index is 1.51. The van der Waals surface area contributed by atoms with Gasteiger partial charge in [0, 0.05) is 33.1 Å². The highest BCUT2D eigenvalue weighted by molar-refractivity contribution is 5.86. The van der Waals surface area contributed by atoms with Crippen LogP contribution in [0.1, 0.15) is 43.8 Å². The quantitative estimate of drug-likeness (QED) is 0.883. The minimum Gasteiger partial charge on any atom is -0.340 e. The fraction of sp³-hybridized carbons (Fsp3) is 0.800. The number of nitrogens with zero attached hydrogens (tertiary/aromatic N) is 4. The third-order valence-electron chi connectivity index (χ3n) is 4.77. The lowest BCUT2D eigenvalue weighted by Crippen LogP contribution is -2.60. The minimum atomic E-state index is -0.620. The molecule has 22 heavy (non-hydrogen) atoms. The Kier molecular flexibility index (Phi) is 4.44. The maximum Gasteiger partial charge on any atom is 0.242 e. The monoisotopic (exact) mass is 307 g/mol. The number of nitrogens with two attached hydrogens (primary N) is 1. The van der Waals surface area contributed by atoms with Crippen LogP contribution in [0, 0.1) is 6.92 Å². The van der Waals surface area contributed by atoms with E-state index in [4.69, 9.17) is 10.3 Å². The van der Waals surface area contributed by atoms with Gasteiger partial charge in [0.2, 0.25) is 11.8 Å². The Hall–Kier alpha value is -1.47. The summed E-state index contributed by atoms with van der Waals surface area (Å²) in [6.45, 7) is 5.58. The van der Waals surface area contributed by atoms with Gasteiger partial charge in [0.15, 0.2) is 5.82 Å². The van der Waals surface area contributed by atoms with Crippen molar-refractivity contribution in [1.82, 2.24) is 19.9 Å². The summed E-state index contributed by atoms with van der Waals surface area (Å²) in [7, 11) is 0. The van der Waals surface area contributed by atoms with Gasteiger partial charge >= 0.3 is 0 Å². The molecule has 7 heteroatoms. The van der Waals surface area contributed by atoms with Crippen LogP contribution in [0.15, 0.2) is 4.52 Å². The number of amides is 1. The summed E-state index contributed by atoms with van der Waals surface area (Å²) in [5.41, 5.74) is 5.74. The lowest BCUT2D eigenvalue weighted by Gasteiger charge is -2.40. The average molecular weight is 307 g/mol. The largest absolute Gasteiger partial charge is 0.340 e. The Morgan fingerprint density at radius 2 is 1.91 bits per heavy atom. The van der Waals surface area contributed by atoms with Gasteiger partial charge in [0.05, 0.1) is 12.1 Å². The Morgan fingerprint density at radius 3 is 2.50 bits per heavy atom. The summed E-state index contributed by atoms with van der Waals surface area (Å²) in [5, 5.41) is 3.92. The first kappa shape index (κ1) is 15.4. The second-order valence-corrected chi connectivity index (χ2v) is 6.51. The Labute approximate surface area is 130 Å². The summed E-state index contributed by atoms with van der Waals surface area (Å²) in [6.07, 6.45) is 4.99. The molecule has 3 rings (SSSR count). The summed E-state index contributed by atoms with van der Waals surface area (Å²) < 4.78 is 4.99. The predicted octanol–water partition coefficient (Wildman–Crippen LogP) is 0.684. The van der Waals surface area contributed by atoms with E-state index in [1.54, 1.807) is 6.92 Å². The first-order valence-electron chi connectivity index (χ1n) is 8.17. The Morgan fingerprint density at radius 1 is 1.23 bits per heavy atom. The van der Waals surface area contributed by atoms with Crippen molar-refractivity contribution in [1.29, 1.82) is 0 Å². The van der Waals surface area contributed by atoms with Gasteiger partial charge in [-0.05, 0) is 12.8 Å². The summed E-state index contributed by atoms with van der Waals surface area (Å²) >= 11 is 0. The number of carbonyl (C=O) groups excluding carboxylic acids is 1. The number of piperazine rings is 1. The highest BCUT2D eigenvalue weighted by Gasteiger charge is 2.39. The van der Waals surface area contributed by atoms with Crippen molar-refractivity contribution in [3.63, 3.8) is 0 Å². The first-order valence-corrected chi connectivity index (χ1v) is 8.17. The maximum atomic E-state index is 12.7. The number of aryl methyl sites for hydroxylation is 1. The van der Waals surface area contributed by atoms with Crippen LogP contribution >= 0.6 is 0 Å². The normalized spacial score (nSPS) is 22.7. The fourth-order valence-electron chi connectivity index (χ4n) is 3.43. The van der Waals surface area contributed by atoms with Gasteiger partial charge in [-0.1, -0.05) is 24.4 Å². The molecule has 0 unspecified atom stereocenters. The molecule has 2 heterocycles. The number of hydrogen-bond acceptors (Lipinski definition) is 6. The van der Waals surface area contributed by atoms with Gasteiger partial charge in [0.25, 0.3) is 0 Å². The van der Waals surface area contributed by atoms with Crippen LogP contribution in [0.5, 0.6) is 0 Å². The van der Waals surface area contributed by atoms with Crippen LogP contribution in [-0.2, 0) is 11.3 Å². The summed E-state index contributed by atoms with van der Waals surface area (Å²) in [6, 6.07) is 0. The smallest absolute Gasteiger partial charge is 0.242 e. The van der Waals surface area contributed by atoms with Crippen LogP contribution in [0.4, 0.5) is 0 Å². The van der Waals surface area contributed by atoms with Crippen molar-refractivity contribution in [3.8, 4) is 0 Å². The number of carbonyl (C=O) groups is 1. The van der Waals surface area contributed by atoms with E-state index in [0.29, 0.717) is 18.3 Å². The number of rotatable bonds is 3. The second-order valence-electron chi connectivity index (χ2n) is 6.51. The molecule has 0 bridgehead atoms. The maximum absolute atomic E-state index is 12.7. The second kappa shape index (κ2) is 6.34. The van der Waals surface area contributed by atoms with Gasteiger partial charge in [-0.15, -0.1) is 0 Å². The average Bonchev–Trinajstić information content (AvgIpc) is 2.93. The van der Waals surface area contributed by atoms with E-state index >= 15 is 0 Å². The highest BCUT2D eigenvalue weighted by atomic mass is 16.5. The molecule has 1 aromatic heterocycles. The molecule has 2 N–H and O–H groups in total. The fourth-order valence-corrected chi connectivity index (χ4v) is 3.43. The molecule has 1 aromatic rings. The standard InChI is InChI=1S/C15H25N5O2/c1-12-17-13(18-22-12)11-19-7-9-20(10-8-19)14(21)15(16)5-3-2-4-6-15/h2-11,16H2,1H3. The van der Waals surface area contributed by atoms with Gasteiger partial charge in [-0.2, -0.15) is 4.98 Å².